The van der Waals surface area contributed by atoms with Crippen LogP contribution < -0.4 is 15.4 Å². The summed E-state index contributed by atoms with van der Waals surface area (Å²) in [7, 11) is 1.49. The highest BCUT2D eigenvalue weighted by Crippen LogP contribution is 2.22. The minimum absolute atomic E-state index is 0.127. The lowest BCUT2D eigenvalue weighted by molar-refractivity contribution is 0.0974. The van der Waals surface area contributed by atoms with Crippen LogP contribution in [-0.2, 0) is 0 Å². The minimum atomic E-state index is -0.385. The number of aromatic nitrogens is 1. The Morgan fingerprint density at radius 3 is 2.77 bits per heavy atom. The molecule has 8 heteroatoms. The molecule has 0 fully saturated rings. The summed E-state index contributed by atoms with van der Waals surface area (Å²) in [6, 6.07) is 8.44. The third-order valence-electron chi connectivity index (χ3n) is 2.60. The zero-order valence-corrected chi connectivity index (χ0v) is 14.6. The van der Waals surface area contributed by atoms with E-state index >= 15 is 0 Å². The molecule has 5 nitrogen and oxygen atoms in total. The summed E-state index contributed by atoms with van der Waals surface area (Å²) in [5.41, 5.74) is 0.366. The first-order valence-corrected chi connectivity index (χ1v) is 7.65. The normalized spacial score (nSPS) is 9.95. The predicted molar refractivity (Wildman–Crippen MR) is 93.6 cm³/mol. The van der Waals surface area contributed by atoms with Crippen molar-refractivity contribution in [3.05, 3.63) is 51.6 Å². The number of anilines is 1. The monoisotopic (exact) mass is 399 g/mol. The second kappa shape index (κ2) is 7.53. The quantitative estimate of drug-likeness (QED) is 0.770. The zero-order valence-electron chi connectivity index (χ0n) is 11.4. The van der Waals surface area contributed by atoms with Gasteiger partial charge in [-0.25, -0.2) is 4.98 Å². The second-order valence-corrected chi connectivity index (χ2v) is 5.87. The van der Waals surface area contributed by atoms with E-state index in [0.717, 1.165) is 4.47 Å². The first-order chi connectivity index (χ1) is 10.5. The number of halogens is 2. The van der Waals surface area contributed by atoms with Crippen molar-refractivity contribution in [2.45, 2.75) is 0 Å². The van der Waals surface area contributed by atoms with Gasteiger partial charge in [0.2, 0.25) is 0 Å². The molecule has 0 radical (unpaired) electrons. The predicted octanol–water partition coefficient (Wildman–Crippen LogP) is 3.63. The van der Waals surface area contributed by atoms with E-state index in [1.807, 2.05) is 0 Å². The van der Waals surface area contributed by atoms with Gasteiger partial charge in [0.1, 0.15) is 11.6 Å². The van der Waals surface area contributed by atoms with Gasteiger partial charge in [0.15, 0.2) is 5.11 Å². The summed E-state index contributed by atoms with van der Waals surface area (Å²) in [6.45, 7) is 0. The molecule has 0 unspecified atom stereocenters. The van der Waals surface area contributed by atoms with Crippen LogP contribution in [0.5, 0.6) is 5.75 Å². The number of carbonyl (C=O) groups excluding carboxylic acids is 1. The number of hydrogen-bond acceptors (Lipinski definition) is 4. The maximum atomic E-state index is 12.3. The van der Waals surface area contributed by atoms with E-state index in [1.165, 1.54) is 13.3 Å². The van der Waals surface area contributed by atoms with E-state index in [4.69, 9.17) is 28.6 Å². The minimum Gasteiger partial charge on any atom is -0.496 e. The first kappa shape index (κ1) is 16.7. The number of carbonyl (C=O) groups is 1. The van der Waals surface area contributed by atoms with Gasteiger partial charge in [0.05, 0.1) is 17.7 Å². The molecule has 1 aromatic heterocycles. The molecule has 0 aliphatic carbocycles. The van der Waals surface area contributed by atoms with Crippen molar-refractivity contribution in [2.75, 3.05) is 12.4 Å². The maximum Gasteiger partial charge on any atom is 0.261 e. The fourth-order valence-corrected chi connectivity index (χ4v) is 2.30. The molecule has 2 N–H and O–H groups in total. The number of pyridine rings is 1. The number of benzene rings is 1. The van der Waals surface area contributed by atoms with Crippen LogP contribution >= 0.6 is 39.7 Å². The van der Waals surface area contributed by atoms with Gasteiger partial charge in [-0.3, -0.25) is 10.1 Å². The highest BCUT2D eigenvalue weighted by molar-refractivity contribution is 9.10. The fraction of sp³-hybridized carbons (Fsp3) is 0.0714. The smallest absolute Gasteiger partial charge is 0.261 e. The SMILES string of the molecule is COc1ccc(Br)cc1C(=O)NC(=S)Nc1ccc(Cl)cn1. The number of nitrogens with one attached hydrogen (secondary N) is 2. The molecule has 0 saturated carbocycles. The highest BCUT2D eigenvalue weighted by atomic mass is 79.9. The molecule has 1 heterocycles. The first-order valence-electron chi connectivity index (χ1n) is 6.07. The summed E-state index contributed by atoms with van der Waals surface area (Å²) in [4.78, 5) is 16.3. The summed E-state index contributed by atoms with van der Waals surface area (Å²) in [5.74, 6) is 0.550. The Morgan fingerprint density at radius 1 is 1.36 bits per heavy atom. The molecule has 0 spiro atoms. The standard InChI is InChI=1S/C14H11BrClN3O2S/c1-21-11-4-2-8(15)6-10(11)13(20)19-14(22)18-12-5-3-9(16)7-17-12/h2-7H,1H3,(H2,17,18,19,20,22). The Bertz CT molecular complexity index is 710. The van der Waals surface area contributed by atoms with Crippen molar-refractivity contribution >= 4 is 56.6 Å². The maximum absolute atomic E-state index is 12.3. The van der Waals surface area contributed by atoms with Gasteiger partial charge in [0, 0.05) is 10.7 Å². The molecule has 1 aromatic carbocycles. The third-order valence-corrected chi connectivity index (χ3v) is 3.52. The Hall–Kier alpha value is -1.70. The molecular formula is C14H11BrClN3O2S. The number of thiocarbonyl (C=S) groups is 1. The molecule has 1 amide bonds. The lowest BCUT2D eigenvalue weighted by Crippen LogP contribution is -2.34. The Kier molecular flexibility index (Phi) is 5.70. The number of amides is 1. The van der Waals surface area contributed by atoms with Crippen LogP contribution in [0, 0.1) is 0 Å². The van der Waals surface area contributed by atoms with Gasteiger partial charge in [0.25, 0.3) is 5.91 Å². The van der Waals surface area contributed by atoms with Crippen LogP contribution in [0.2, 0.25) is 5.02 Å². The molecule has 2 rings (SSSR count). The average Bonchev–Trinajstić information content (AvgIpc) is 2.49. The van der Waals surface area contributed by atoms with Crippen molar-refractivity contribution in [3.63, 3.8) is 0 Å². The molecule has 0 aliphatic rings. The molecule has 0 bridgehead atoms. The number of ether oxygens (including phenoxy) is 1. The van der Waals surface area contributed by atoms with E-state index < -0.39 is 0 Å². The molecular weight excluding hydrogens is 390 g/mol. The zero-order chi connectivity index (χ0) is 16.1. The van der Waals surface area contributed by atoms with E-state index in [0.29, 0.717) is 22.2 Å². The second-order valence-electron chi connectivity index (χ2n) is 4.11. The molecule has 114 valence electrons. The average molecular weight is 401 g/mol. The van der Waals surface area contributed by atoms with Gasteiger partial charge >= 0.3 is 0 Å². The lowest BCUT2D eigenvalue weighted by atomic mass is 10.2. The molecule has 0 aliphatic heterocycles. The number of methoxy groups -OCH3 is 1. The van der Waals surface area contributed by atoms with Gasteiger partial charge < -0.3 is 10.1 Å². The Labute approximate surface area is 146 Å². The van der Waals surface area contributed by atoms with Crippen molar-refractivity contribution in [1.29, 1.82) is 0 Å². The van der Waals surface area contributed by atoms with E-state index in [2.05, 4.69) is 31.5 Å². The summed E-state index contributed by atoms with van der Waals surface area (Å²) in [5, 5.41) is 6.01. The molecule has 0 atom stereocenters. The largest absolute Gasteiger partial charge is 0.496 e. The highest BCUT2D eigenvalue weighted by Gasteiger charge is 2.14. The van der Waals surface area contributed by atoms with Gasteiger partial charge in [-0.05, 0) is 42.5 Å². The number of nitrogens with zero attached hydrogens (tertiary/aromatic N) is 1. The summed E-state index contributed by atoms with van der Waals surface area (Å²) < 4.78 is 5.92. The third kappa shape index (κ3) is 4.40. The van der Waals surface area contributed by atoms with E-state index in [9.17, 15) is 4.79 Å². The number of hydrogen-bond donors (Lipinski definition) is 2. The van der Waals surface area contributed by atoms with Crippen molar-refractivity contribution in [3.8, 4) is 5.75 Å². The van der Waals surface area contributed by atoms with Crippen LogP contribution in [0.15, 0.2) is 41.0 Å². The Morgan fingerprint density at radius 2 is 2.14 bits per heavy atom. The van der Waals surface area contributed by atoms with Crippen molar-refractivity contribution in [1.82, 2.24) is 10.3 Å². The van der Waals surface area contributed by atoms with Crippen LogP contribution in [0.25, 0.3) is 0 Å². The van der Waals surface area contributed by atoms with Gasteiger partial charge in [-0.1, -0.05) is 27.5 Å². The Balaban J connectivity index is 2.06. The lowest BCUT2D eigenvalue weighted by Gasteiger charge is -2.11. The topological polar surface area (TPSA) is 63.2 Å². The molecule has 2 aromatic rings. The van der Waals surface area contributed by atoms with Gasteiger partial charge in [-0.15, -0.1) is 0 Å². The summed E-state index contributed by atoms with van der Waals surface area (Å²) >= 11 is 14.2. The van der Waals surface area contributed by atoms with Crippen LogP contribution in [0.1, 0.15) is 10.4 Å². The van der Waals surface area contributed by atoms with Crippen molar-refractivity contribution < 1.29 is 9.53 Å². The van der Waals surface area contributed by atoms with Crippen LogP contribution in [-0.4, -0.2) is 23.1 Å². The van der Waals surface area contributed by atoms with Gasteiger partial charge in [-0.2, -0.15) is 0 Å². The molecule has 22 heavy (non-hydrogen) atoms. The van der Waals surface area contributed by atoms with Crippen molar-refractivity contribution in [2.24, 2.45) is 0 Å². The van der Waals surface area contributed by atoms with E-state index in [-0.39, 0.29) is 11.0 Å². The van der Waals surface area contributed by atoms with Crippen LogP contribution in [0.3, 0.4) is 0 Å². The fourth-order valence-electron chi connectivity index (χ4n) is 1.63. The molecule has 0 saturated heterocycles. The summed E-state index contributed by atoms with van der Waals surface area (Å²) in [6.07, 6.45) is 1.48. The van der Waals surface area contributed by atoms with E-state index in [1.54, 1.807) is 30.3 Å². The number of rotatable bonds is 3. The van der Waals surface area contributed by atoms with Crippen LogP contribution in [0.4, 0.5) is 5.82 Å².